The second-order valence-corrected chi connectivity index (χ2v) is 24.0. The van der Waals surface area contributed by atoms with Crippen LogP contribution >= 0.6 is 0 Å². The predicted octanol–water partition coefficient (Wildman–Crippen LogP) is 9.67. The fraction of sp³-hybridized carbons (Fsp3) is 0.852. The van der Waals surface area contributed by atoms with Crippen molar-refractivity contribution in [3.05, 3.63) is 0 Å². The summed E-state index contributed by atoms with van der Waals surface area (Å²) in [6.45, 7) is 40.0. The van der Waals surface area contributed by atoms with Crippen LogP contribution in [0.1, 0.15) is 210 Å². The normalized spacial score (nSPS) is 29.1. The average molecular weight is 1010 g/mol. The highest BCUT2D eigenvalue weighted by Gasteiger charge is 2.56. The van der Waals surface area contributed by atoms with Crippen LogP contribution in [0.4, 0.5) is 0 Å². The Kier molecular flexibility index (Phi) is 22.0. The largest absolute Gasteiger partial charge is 0.465 e. The molecule has 0 spiro atoms. The molecule has 410 valence electrons. The summed E-state index contributed by atoms with van der Waals surface area (Å²) in [5.41, 5.74) is -5.50. The molecular formula is C54H92O17. The van der Waals surface area contributed by atoms with E-state index in [9.17, 15) is 38.4 Å². The molecule has 5 saturated heterocycles. The van der Waals surface area contributed by atoms with Crippen LogP contribution in [0.15, 0.2) is 0 Å². The maximum atomic E-state index is 12.1. The molecule has 0 bridgehead atoms. The monoisotopic (exact) mass is 1010 g/mol. The van der Waals surface area contributed by atoms with E-state index in [-0.39, 0.29) is 90.1 Å². The molecular weight excluding hydrogens is 921 g/mol. The number of ether oxygens (including phenoxy) is 9. The molecule has 5 heterocycles. The van der Waals surface area contributed by atoms with E-state index < -0.39 is 50.9 Å². The van der Waals surface area contributed by atoms with Gasteiger partial charge in [-0.3, -0.25) is 38.4 Å². The minimum Gasteiger partial charge on any atom is -0.465 e. The van der Waals surface area contributed by atoms with Gasteiger partial charge in [-0.15, -0.1) is 0 Å². The third kappa shape index (κ3) is 17.2. The van der Waals surface area contributed by atoms with Gasteiger partial charge in [0.2, 0.25) is 0 Å². The van der Waals surface area contributed by atoms with Crippen LogP contribution in [0.3, 0.4) is 0 Å². The van der Waals surface area contributed by atoms with Crippen molar-refractivity contribution < 1.29 is 81.0 Å². The smallest absolute Gasteiger partial charge is 0.312 e. The molecule has 5 fully saturated rings. The molecule has 0 aromatic carbocycles. The predicted molar refractivity (Wildman–Crippen MR) is 264 cm³/mol. The highest BCUT2D eigenvalue weighted by molar-refractivity contribution is 5.81. The number of methoxy groups -OCH3 is 1. The van der Waals surface area contributed by atoms with E-state index in [0.29, 0.717) is 25.9 Å². The van der Waals surface area contributed by atoms with Crippen molar-refractivity contribution in [2.45, 2.75) is 250 Å². The zero-order valence-electron chi connectivity index (χ0n) is 47.6. The number of carbonyl (C=O) groups is 8. The van der Waals surface area contributed by atoms with Gasteiger partial charge in [-0.2, -0.15) is 0 Å². The summed E-state index contributed by atoms with van der Waals surface area (Å²) in [5, 5.41) is 0. The Morgan fingerprint density at radius 2 is 1.03 bits per heavy atom. The Morgan fingerprint density at radius 3 is 1.35 bits per heavy atom. The first-order valence-electron chi connectivity index (χ1n) is 25.3. The number of hydrogen-bond donors (Lipinski definition) is 0. The van der Waals surface area contributed by atoms with Gasteiger partial charge >= 0.3 is 47.8 Å². The standard InChI is InChI=1S/C13H22O5.C13H22O4.C12H20O4.C9H16O2.C7H12O2/c1-6-12(2,3)11(15)17-9-7-10(14)18-13(9,4)8-16-5;1-7-11(2,3)10(15)17-13(6)8-9(14)16-12(13,4)5;1-6-11(2,3)10(14)15-8-7-9(13)16-12(8,4)5;1-5-9(4)6-8(2,3)11-7(9)10;1-3-7(2)4-5-9-6(7)8/h9H,6-8H2,1-5H3;7-8H2,1-6H3;8H,6-7H2,1-5H3;5-6H2,1-4H3;3-5H2,1-2H3. The lowest BCUT2D eigenvalue weighted by Gasteiger charge is -2.36. The molecule has 0 amide bonds. The van der Waals surface area contributed by atoms with Gasteiger partial charge in [0, 0.05) is 13.5 Å². The Balaban J connectivity index is 0.000000452. The summed E-state index contributed by atoms with van der Waals surface area (Å²) >= 11 is 0. The second-order valence-electron chi connectivity index (χ2n) is 24.0. The van der Waals surface area contributed by atoms with E-state index >= 15 is 0 Å². The van der Waals surface area contributed by atoms with Crippen LogP contribution < -0.4 is 0 Å². The summed E-state index contributed by atoms with van der Waals surface area (Å²) in [4.78, 5) is 92.1. The SMILES string of the molecule is CCC(C)(C)C(=O)OC1(C)CC(=O)OC1(C)C.CCC(C)(C)C(=O)OC1CC(=O)OC1(C)C.CCC(C)(C)C(=O)OC1CC(=O)OC1(C)COC.CCC1(C)CC(C)(C)OC1=O.CCC1(C)CCOC1=O. The molecule has 17 heteroatoms. The molecule has 0 N–H and O–H groups in total. The van der Waals surface area contributed by atoms with Gasteiger partial charge in [0.1, 0.15) is 16.8 Å². The Hall–Kier alpha value is -4.28. The Labute approximate surface area is 424 Å². The number of rotatable bonds is 13. The molecule has 0 aliphatic carbocycles. The summed E-state index contributed by atoms with van der Waals surface area (Å²) in [6.07, 6.45) is 4.87. The molecule has 0 saturated carbocycles. The van der Waals surface area contributed by atoms with Gasteiger partial charge in [-0.05, 0) is 149 Å². The van der Waals surface area contributed by atoms with E-state index in [1.54, 1.807) is 41.5 Å². The average Bonchev–Trinajstić information content (AvgIpc) is 3.95. The number of hydrogen-bond acceptors (Lipinski definition) is 17. The summed E-state index contributed by atoms with van der Waals surface area (Å²) in [7, 11) is 1.52. The van der Waals surface area contributed by atoms with Crippen molar-refractivity contribution in [3.63, 3.8) is 0 Å². The first-order valence-corrected chi connectivity index (χ1v) is 25.3. The highest BCUT2D eigenvalue weighted by Crippen LogP contribution is 2.43. The lowest BCUT2D eigenvalue weighted by Crippen LogP contribution is -2.49. The van der Waals surface area contributed by atoms with E-state index in [4.69, 9.17) is 42.6 Å². The first kappa shape index (κ1) is 64.7. The first-order chi connectivity index (χ1) is 32.1. The molecule has 5 rings (SSSR count). The van der Waals surface area contributed by atoms with Crippen molar-refractivity contribution in [1.82, 2.24) is 0 Å². The fourth-order valence-corrected chi connectivity index (χ4v) is 7.38. The van der Waals surface area contributed by atoms with Crippen molar-refractivity contribution in [2.75, 3.05) is 20.3 Å². The quantitative estimate of drug-likeness (QED) is 0.124. The molecule has 5 aliphatic heterocycles. The maximum absolute atomic E-state index is 12.1. The molecule has 0 radical (unpaired) electrons. The van der Waals surface area contributed by atoms with Gasteiger partial charge in [-0.25, -0.2) is 0 Å². The molecule has 0 aromatic rings. The van der Waals surface area contributed by atoms with Gasteiger partial charge < -0.3 is 42.6 Å². The van der Waals surface area contributed by atoms with Gasteiger partial charge in [0.25, 0.3) is 0 Å². The van der Waals surface area contributed by atoms with Crippen molar-refractivity contribution >= 4 is 47.8 Å². The van der Waals surface area contributed by atoms with E-state index in [1.165, 1.54) is 7.11 Å². The summed E-state index contributed by atoms with van der Waals surface area (Å²) in [5.74, 6) is -1.91. The molecule has 6 unspecified atom stereocenters. The van der Waals surface area contributed by atoms with E-state index in [1.807, 2.05) is 104 Å². The second kappa shape index (κ2) is 24.2. The number of esters is 8. The van der Waals surface area contributed by atoms with Crippen LogP contribution in [0.25, 0.3) is 0 Å². The minimum atomic E-state index is -0.884. The third-order valence-electron chi connectivity index (χ3n) is 15.2. The summed E-state index contributed by atoms with van der Waals surface area (Å²) < 4.78 is 46.9. The zero-order chi connectivity index (χ0) is 55.6. The van der Waals surface area contributed by atoms with Gasteiger partial charge in [-0.1, -0.05) is 34.6 Å². The highest BCUT2D eigenvalue weighted by atomic mass is 16.6. The minimum absolute atomic E-state index is 0.0231. The lowest BCUT2D eigenvalue weighted by molar-refractivity contribution is -0.184. The van der Waals surface area contributed by atoms with Crippen molar-refractivity contribution in [1.29, 1.82) is 0 Å². The molecule has 17 nitrogen and oxygen atoms in total. The van der Waals surface area contributed by atoms with Crippen LogP contribution in [-0.4, -0.2) is 108 Å². The van der Waals surface area contributed by atoms with Gasteiger partial charge in [0.05, 0.1) is 59.6 Å². The molecule has 0 aromatic heterocycles. The summed E-state index contributed by atoms with van der Waals surface area (Å²) in [6, 6.07) is 0. The Morgan fingerprint density at radius 1 is 0.577 bits per heavy atom. The van der Waals surface area contributed by atoms with Crippen LogP contribution in [0.2, 0.25) is 0 Å². The third-order valence-corrected chi connectivity index (χ3v) is 15.2. The topological polar surface area (TPSA) is 220 Å². The Bertz CT molecular complexity index is 1910. The zero-order valence-corrected chi connectivity index (χ0v) is 47.6. The lowest BCUT2D eigenvalue weighted by atomic mass is 9.81. The molecule has 6 atom stereocenters. The van der Waals surface area contributed by atoms with E-state index in [0.717, 1.165) is 25.7 Å². The van der Waals surface area contributed by atoms with Gasteiger partial charge in [0.15, 0.2) is 23.4 Å². The van der Waals surface area contributed by atoms with Crippen LogP contribution in [-0.2, 0) is 81.0 Å². The van der Waals surface area contributed by atoms with Crippen molar-refractivity contribution in [2.24, 2.45) is 27.1 Å². The van der Waals surface area contributed by atoms with Crippen molar-refractivity contribution in [3.8, 4) is 0 Å². The molecule has 5 aliphatic rings. The number of cyclic esters (lactones) is 5. The number of carbonyl (C=O) groups excluding carboxylic acids is 8. The molecule has 71 heavy (non-hydrogen) atoms. The van der Waals surface area contributed by atoms with Crippen LogP contribution in [0, 0.1) is 27.1 Å². The fourth-order valence-electron chi connectivity index (χ4n) is 7.38. The van der Waals surface area contributed by atoms with Crippen LogP contribution in [0.5, 0.6) is 0 Å². The van der Waals surface area contributed by atoms with E-state index in [2.05, 4.69) is 0 Å². The maximum Gasteiger partial charge on any atom is 0.312 e.